The number of aromatic nitrogens is 3. The Morgan fingerprint density at radius 1 is 1.11 bits per heavy atom. The van der Waals surface area contributed by atoms with Crippen LogP contribution in [-0.4, -0.2) is 26.8 Å². The molecule has 0 saturated heterocycles. The maximum Gasteiger partial charge on any atom is 0.230 e. The molecule has 1 atom stereocenters. The number of aromatic amines is 1. The third-order valence-corrected chi connectivity index (χ3v) is 5.39. The molecule has 2 aromatic carbocycles. The summed E-state index contributed by atoms with van der Waals surface area (Å²) in [5.41, 5.74) is 3.42. The van der Waals surface area contributed by atoms with Crippen LogP contribution in [0, 0.1) is 0 Å². The van der Waals surface area contributed by atoms with Gasteiger partial charge in [0, 0.05) is 5.56 Å². The maximum atomic E-state index is 12.4. The van der Waals surface area contributed by atoms with Crippen molar-refractivity contribution in [3.8, 4) is 11.4 Å². The molecule has 0 unspecified atom stereocenters. The SMILES string of the molecule is CCC[C@H](NC(=O)CSc1n[nH]c(-c2ccc(CC)cc2)n1)c1ccccc1. The van der Waals surface area contributed by atoms with Crippen LogP contribution < -0.4 is 5.32 Å². The minimum absolute atomic E-state index is 0.00838. The van der Waals surface area contributed by atoms with Crippen LogP contribution >= 0.6 is 11.8 Å². The number of rotatable bonds is 9. The number of hydrogen-bond donors (Lipinski definition) is 2. The van der Waals surface area contributed by atoms with Crippen LogP contribution in [0.5, 0.6) is 0 Å². The first kappa shape index (κ1) is 20.1. The summed E-state index contributed by atoms with van der Waals surface area (Å²) in [6.45, 7) is 4.26. The van der Waals surface area contributed by atoms with E-state index in [-0.39, 0.29) is 11.9 Å². The zero-order valence-electron chi connectivity index (χ0n) is 16.3. The highest BCUT2D eigenvalue weighted by Crippen LogP contribution is 2.21. The second kappa shape index (κ2) is 10.1. The Morgan fingerprint density at radius 2 is 1.86 bits per heavy atom. The number of nitrogens with zero attached hydrogens (tertiary/aromatic N) is 2. The third-order valence-electron chi connectivity index (χ3n) is 4.55. The van der Waals surface area contributed by atoms with E-state index < -0.39 is 0 Å². The second-order valence-corrected chi connectivity index (χ2v) is 7.57. The van der Waals surface area contributed by atoms with Crippen LogP contribution in [0.3, 0.4) is 0 Å². The lowest BCUT2D eigenvalue weighted by molar-refractivity contribution is -0.119. The molecule has 3 rings (SSSR count). The highest BCUT2D eigenvalue weighted by Gasteiger charge is 2.15. The Labute approximate surface area is 170 Å². The van der Waals surface area contributed by atoms with E-state index in [2.05, 4.69) is 58.6 Å². The highest BCUT2D eigenvalue weighted by molar-refractivity contribution is 7.99. The number of benzene rings is 2. The van der Waals surface area contributed by atoms with Gasteiger partial charge in [0.15, 0.2) is 5.82 Å². The van der Waals surface area contributed by atoms with Crippen LogP contribution in [0.2, 0.25) is 0 Å². The summed E-state index contributed by atoms with van der Waals surface area (Å²) >= 11 is 1.34. The summed E-state index contributed by atoms with van der Waals surface area (Å²) < 4.78 is 0. The molecule has 146 valence electrons. The van der Waals surface area contributed by atoms with Gasteiger partial charge in [0.2, 0.25) is 11.1 Å². The molecule has 0 aliphatic heterocycles. The molecule has 1 heterocycles. The zero-order valence-corrected chi connectivity index (χ0v) is 17.1. The van der Waals surface area contributed by atoms with E-state index in [1.54, 1.807) is 0 Å². The second-order valence-electron chi connectivity index (χ2n) is 6.63. The predicted molar refractivity (Wildman–Crippen MR) is 114 cm³/mol. The average Bonchev–Trinajstić information content (AvgIpc) is 3.22. The van der Waals surface area contributed by atoms with E-state index in [1.807, 2.05) is 30.3 Å². The minimum Gasteiger partial charge on any atom is -0.349 e. The van der Waals surface area contributed by atoms with E-state index >= 15 is 0 Å². The molecular weight excluding hydrogens is 368 g/mol. The number of thioether (sulfide) groups is 1. The fourth-order valence-corrected chi connectivity index (χ4v) is 3.61. The molecule has 0 bridgehead atoms. The van der Waals surface area contributed by atoms with Crippen LogP contribution in [0.15, 0.2) is 59.8 Å². The van der Waals surface area contributed by atoms with Crippen LogP contribution in [0.1, 0.15) is 43.9 Å². The first-order chi connectivity index (χ1) is 13.7. The maximum absolute atomic E-state index is 12.4. The van der Waals surface area contributed by atoms with E-state index in [0.29, 0.717) is 10.9 Å². The van der Waals surface area contributed by atoms with Gasteiger partial charge < -0.3 is 5.32 Å². The Kier molecular flexibility index (Phi) is 7.25. The van der Waals surface area contributed by atoms with Crippen molar-refractivity contribution in [2.75, 3.05) is 5.75 Å². The lowest BCUT2D eigenvalue weighted by Gasteiger charge is -2.18. The fraction of sp³-hybridized carbons (Fsp3) is 0.318. The Balaban J connectivity index is 1.56. The normalized spacial score (nSPS) is 11.9. The average molecular weight is 395 g/mol. The molecule has 6 heteroatoms. The predicted octanol–water partition coefficient (Wildman–Crippen LogP) is 4.78. The van der Waals surface area contributed by atoms with Gasteiger partial charge >= 0.3 is 0 Å². The Bertz CT molecular complexity index is 877. The summed E-state index contributed by atoms with van der Waals surface area (Å²) in [6, 6.07) is 18.4. The van der Waals surface area contributed by atoms with Crippen LogP contribution in [-0.2, 0) is 11.2 Å². The fourth-order valence-electron chi connectivity index (χ4n) is 3.00. The van der Waals surface area contributed by atoms with Gasteiger partial charge in [-0.2, -0.15) is 0 Å². The lowest BCUT2D eigenvalue weighted by Crippen LogP contribution is -2.29. The lowest BCUT2D eigenvalue weighted by atomic mass is 10.0. The summed E-state index contributed by atoms with van der Waals surface area (Å²) in [7, 11) is 0. The van der Waals surface area contributed by atoms with E-state index in [4.69, 9.17) is 0 Å². The van der Waals surface area contributed by atoms with Gasteiger partial charge in [0.25, 0.3) is 0 Å². The van der Waals surface area contributed by atoms with Gasteiger partial charge in [0.05, 0.1) is 11.8 Å². The zero-order chi connectivity index (χ0) is 19.8. The van der Waals surface area contributed by atoms with E-state index in [9.17, 15) is 4.79 Å². The van der Waals surface area contributed by atoms with Crippen molar-refractivity contribution in [3.63, 3.8) is 0 Å². The molecule has 1 aromatic heterocycles. The molecule has 0 radical (unpaired) electrons. The monoisotopic (exact) mass is 394 g/mol. The van der Waals surface area contributed by atoms with Gasteiger partial charge in [0.1, 0.15) is 0 Å². The minimum atomic E-state index is -0.00838. The number of hydrogen-bond acceptors (Lipinski definition) is 4. The van der Waals surface area contributed by atoms with Gasteiger partial charge in [-0.3, -0.25) is 9.89 Å². The number of carbonyl (C=O) groups is 1. The molecule has 2 N–H and O–H groups in total. The first-order valence-corrected chi connectivity index (χ1v) is 10.7. The van der Waals surface area contributed by atoms with Crippen molar-refractivity contribution in [3.05, 3.63) is 65.7 Å². The van der Waals surface area contributed by atoms with Crippen molar-refractivity contribution in [1.29, 1.82) is 0 Å². The number of H-pyrrole nitrogens is 1. The van der Waals surface area contributed by atoms with Crippen LogP contribution in [0.25, 0.3) is 11.4 Å². The van der Waals surface area contributed by atoms with Gasteiger partial charge in [-0.25, -0.2) is 4.98 Å². The number of aryl methyl sites for hydroxylation is 1. The van der Waals surface area contributed by atoms with Gasteiger partial charge in [-0.15, -0.1) is 5.10 Å². The Hall–Kier alpha value is -2.60. The van der Waals surface area contributed by atoms with Crippen molar-refractivity contribution < 1.29 is 4.79 Å². The molecule has 0 spiro atoms. The molecule has 0 fully saturated rings. The van der Waals surface area contributed by atoms with Crippen molar-refractivity contribution in [2.24, 2.45) is 0 Å². The van der Waals surface area contributed by atoms with E-state index in [0.717, 1.165) is 36.2 Å². The van der Waals surface area contributed by atoms with Gasteiger partial charge in [-0.05, 0) is 24.0 Å². The molecule has 0 aliphatic carbocycles. The first-order valence-electron chi connectivity index (χ1n) is 9.68. The number of amides is 1. The molecule has 5 nitrogen and oxygen atoms in total. The van der Waals surface area contributed by atoms with Crippen molar-refractivity contribution >= 4 is 17.7 Å². The summed E-state index contributed by atoms with van der Waals surface area (Å²) in [4.78, 5) is 16.9. The highest BCUT2D eigenvalue weighted by atomic mass is 32.2. The quantitative estimate of drug-likeness (QED) is 0.512. The molecule has 1 amide bonds. The van der Waals surface area contributed by atoms with Gasteiger partial charge in [-0.1, -0.05) is 86.6 Å². The third kappa shape index (κ3) is 5.45. The smallest absolute Gasteiger partial charge is 0.230 e. The standard InChI is InChI=1S/C22H26N4OS/c1-3-8-19(17-9-6-5-7-10-17)23-20(27)15-28-22-24-21(25-26-22)18-13-11-16(4-2)12-14-18/h5-7,9-14,19H,3-4,8,15H2,1-2H3,(H,23,27)(H,24,25,26)/t19-/m0/s1. The molecular formula is C22H26N4OS. The topological polar surface area (TPSA) is 70.7 Å². The molecule has 0 aliphatic rings. The largest absolute Gasteiger partial charge is 0.349 e. The summed E-state index contributed by atoms with van der Waals surface area (Å²) in [5.74, 6) is 1.00. The van der Waals surface area contributed by atoms with E-state index in [1.165, 1.54) is 17.3 Å². The molecule has 28 heavy (non-hydrogen) atoms. The number of carbonyl (C=O) groups excluding carboxylic acids is 1. The summed E-state index contributed by atoms with van der Waals surface area (Å²) in [5, 5.41) is 10.9. The number of nitrogens with one attached hydrogen (secondary N) is 2. The summed E-state index contributed by atoms with van der Waals surface area (Å²) in [6.07, 6.45) is 2.93. The Morgan fingerprint density at radius 3 is 2.54 bits per heavy atom. The molecule has 0 saturated carbocycles. The van der Waals surface area contributed by atoms with Crippen molar-refractivity contribution in [2.45, 2.75) is 44.3 Å². The van der Waals surface area contributed by atoms with Crippen LogP contribution in [0.4, 0.5) is 0 Å². The molecule has 3 aromatic rings. The van der Waals surface area contributed by atoms with Crippen molar-refractivity contribution in [1.82, 2.24) is 20.5 Å².